The van der Waals surface area contributed by atoms with Gasteiger partial charge in [-0.15, -0.1) is 0 Å². The molecule has 2 aromatic carbocycles. The van der Waals surface area contributed by atoms with Gasteiger partial charge in [0, 0.05) is 43.0 Å². The first-order valence-corrected chi connectivity index (χ1v) is 21.8. The highest BCUT2D eigenvalue weighted by molar-refractivity contribution is 6.30. The van der Waals surface area contributed by atoms with E-state index in [2.05, 4.69) is 90.6 Å². The van der Waals surface area contributed by atoms with Gasteiger partial charge in [0.1, 0.15) is 0 Å². The van der Waals surface area contributed by atoms with Gasteiger partial charge < -0.3 is 15.1 Å². The number of aromatic carboxylic acids is 1. The maximum atomic E-state index is 14.3. The highest BCUT2D eigenvalue weighted by Gasteiger charge is 2.70. The monoisotopic (exact) mass is 782 g/mol. The van der Waals surface area contributed by atoms with Gasteiger partial charge >= 0.3 is 5.97 Å². The Morgan fingerprint density at radius 1 is 0.875 bits per heavy atom. The molecule has 0 amide bonds. The van der Waals surface area contributed by atoms with E-state index < -0.39 is 17.5 Å². The van der Waals surface area contributed by atoms with E-state index in [1.54, 1.807) is 12.1 Å². The highest BCUT2D eigenvalue weighted by Crippen LogP contribution is 2.77. The van der Waals surface area contributed by atoms with Crippen molar-refractivity contribution in [1.82, 2.24) is 9.80 Å². The summed E-state index contributed by atoms with van der Waals surface area (Å²) in [6.07, 6.45) is 9.71. The van der Waals surface area contributed by atoms with E-state index in [-0.39, 0.29) is 39.3 Å². The minimum Gasteiger partial charge on any atom is -0.478 e. The molecule has 7 rings (SSSR count). The fourth-order valence-electron chi connectivity index (χ4n) is 13.8. The zero-order valence-corrected chi connectivity index (χ0v) is 36.3. The number of allylic oxidation sites excluding steroid dienone is 3. The molecule has 5 aliphatic carbocycles. The quantitative estimate of drug-likeness (QED) is 0.236. The van der Waals surface area contributed by atoms with Crippen molar-refractivity contribution in [2.45, 2.75) is 112 Å². The number of hydrogen-bond acceptors (Lipinski definition) is 5. The zero-order valence-electron chi connectivity index (χ0n) is 35.6. The maximum Gasteiger partial charge on any atom is 0.335 e. The van der Waals surface area contributed by atoms with Gasteiger partial charge in [0.25, 0.3) is 0 Å². The molecule has 3 saturated carbocycles. The molecule has 0 aromatic heterocycles. The van der Waals surface area contributed by atoms with E-state index in [0.717, 1.165) is 80.7 Å². The predicted octanol–water partition coefficient (Wildman–Crippen LogP) is 10.4. The lowest BCUT2D eigenvalue weighted by atomic mass is 9.33. The Labute approximate surface area is 341 Å². The van der Waals surface area contributed by atoms with Crippen LogP contribution in [0, 0.1) is 50.7 Å². The van der Waals surface area contributed by atoms with Crippen LogP contribution in [0.5, 0.6) is 0 Å². The summed E-state index contributed by atoms with van der Waals surface area (Å²) >= 11 is 6.25. The van der Waals surface area contributed by atoms with Gasteiger partial charge in [-0.05, 0) is 151 Å². The van der Waals surface area contributed by atoms with Crippen molar-refractivity contribution >= 4 is 28.9 Å². The molecule has 0 unspecified atom stereocenters. The minimum atomic E-state index is -0.888. The Balaban J connectivity index is 1.21. The number of Topliss-reactive ketones (excluding diaryl/α,β-unsaturated/α-hetero) is 1. The average molecular weight is 784 g/mol. The van der Waals surface area contributed by atoms with Crippen LogP contribution in [0.2, 0.25) is 5.02 Å². The average Bonchev–Trinajstić information content (AvgIpc) is 3.45. The van der Waals surface area contributed by atoms with Crippen LogP contribution in [0.15, 0.2) is 65.8 Å². The number of likely N-dealkylation sites (N-methyl/N-ethyl adjacent to an activating group) is 1. The second-order valence-corrected chi connectivity index (χ2v) is 20.9. The number of hydrogen-bond donors (Lipinski definition) is 2. The number of halogens is 1. The van der Waals surface area contributed by atoms with Gasteiger partial charge in [-0.25, -0.2) is 4.79 Å². The lowest BCUT2D eigenvalue weighted by Crippen LogP contribution is -2.64. The minimum absolute atomic E-state index is 0.0158. The Bertz CT molecular complexity index is 1900. The molecule has 3 fully saturated rings. The lowest BCUT2D eigenvalue weighted by molar-refractivity contribution is -0.200. The van der Waals surface area contributed by atoms with Gasteiger partial charge in [0.05, 0.1) is 11.7 Å². The molecule has 0 heterocycles. The highest BCUT2D eigenvalue weighted by atomic mass is 35.5. The number of ketones is 1. The number of nitrogens with zero attached hydrogens (tertiary/aromatic N) is 2. The van der Waals surface area contributed by atoms with Crippen molar-refractivity contribution in [3.8, 4) is 0 Å². The molecule has 0 spiro atoms. The fraction of sp³-hybridized carbons (Fsp3) is 0.633. The van der Waals surface area contributed by atoms with Crippen LogP contribution in [-0.4, -0.2) is 71.6 Å². The number of aliphatic hydroxyl groups excluding tert-OH is 1. The predicted molar refractivity (Wildman–Crippen MR) is 227 cm³/mol. The molecule has 8 atom stereocenters. The van der Waals surface area contributed by atoms with E-state index in [4.69, 9.17) is 11.6 Å². The van der Waals surface area contributed by atoms with E-state index >= 15 is 0 Å². The van der Waals surface area contributed by atoms with E-state index in [0.29, 0.717) is 30.4 Å². The first-order chi connectivity index (χ1) is 26.3. The molecule has 0 bridgehead atoms. The lowest BCUT2D eigenvalue weighted by Gasteiger charge is -2.71. The summed E-state index contributed by atoms with van der Waals surface area (Å²) in [5.74, 6) is 0.823. The molecular formula is C49H67ClN2O4. The Kier molecular flexibility index (Phi) is 10.9. The number of fused-ring (bicyclic) bond motifs is 7. The van der Waals surface area contributed by atoms with Gasteiger partial charge in [0.2, 0.25) is 0 Å². The molecule has 6 nitrogen and oxygen atoms in total. The van der Waals surface area contributed by atoms with Gasteiger partial charge in [0.15, 0.2) is 5.78 Å². The summed E-state index contributed by atoms with van der Waals surface area (Å²) in [7, 11) is 4.19. The molecular weight excluding hydrogens is 716 g/mol. The number of carboxylic acid groups (broad SMARTS) is 1. The molecule has 2 aromatic rings. The molecule has 0 saturated heterocycles. The third kappa shape index (κ3) is 6.57. The second kappa shape index (κ2) is 14.8. The van der Waals surface area contributed by atoms with Crippen LogP contribution in [0.1, 0.15) is 121 Å². The Morgan fingerprint density at radius 2 is 1.55 bits per heavy atom. The fourth-order valence-corrected chi connectivity index (χ4v) is 14.0. The van der Waals surface area contributed by atoms with Crippen LogP contribution in [0.3, 0.4) is 0 Å². The van der Waals surface area contributed by atoms with Crippen molar-refractivity contribution < 1.29 is 19.8 Å². The maximum absolute atomic E-state index is 14.3. The summed E-state index contributed by atoms with van der Waals surface area (Å²) < 4.78 is 0. The first-order valence-electron chi connectivity index (χ1n) is 21.4. The molecule has 0 aliphatic heterocycles. The molecule has 2 N–H and O–H groups in total. The molecule has 5 aliphatic rings. The van der Waals surface area contributed by atoms with Crippen molar-refractivity contribution in [3.05, 3.63) is 87.5 Å². The summed E-state index contributed by atoms with van der Waals surface area (Å²) in [6, 6.07) is 15.6. The molecule has 56 heavy (non-hydrogen) atoms. The van der Waals surface area contributed by atoms with Gasteiger partial charge in [-0.3, -0.25) is 9.69 Å². The van der Waals surface area contributed by atoms with Gasteiger partial charge in [-0.1, -0.05) is 96.0 Å². The Morgan fingerprint density at radius 3 is 2.18 bits per heavy atom. The van der Waals surface area contributed by atoms with Crippen molar-refractivity contribution in [2.75, 3.05) is 33.7 Å². The summed E-state index contributed by atoms with van der Waals surface area (Å²) in [5.41, 5.74) is 6.01. The topological polar surface area (TPSA) is 81.1 Å². The van der Waals surface area contributed by atoms with E-state index in [1.165, 1.54) is 16.7 Å². The summed E-state index contributed by atoms with van der Waals surface area (Å²) in [6.45, 7) is 20.0. The third-order valence-corrected chi connectivity index (χ3v) is 17.0. The van der Waals surface area contributed by atoms with Crippen LogP contribution < -0.4 is 0 Å². The molecule has 0 radical (unpaired) electrons. The van der Waals surface area contributed by atoms with Crippen LogP contribution in [-0.2, 0) is 11.3 Å². The number of benzene rings is 2. The van der Waals surface area contributed by atoms with Crippen molar-refractivity contribution in [3.63, 3.8) is 0 Å². The standard InChI is InChI=1S/C49H67ClN2O4/c1-31(2)42-38(53)28-49(41(54)30-52(27-26-51(8)9)29-32-10-16-35(50)17-11-32)25-24-47(6)37(43(42)49)18-19-40-46(5)22-20-36(33-12-14-34(15-13-33)44(55)56)45(3,4)39(46)21-23-48(40,47)7/h10-17,20,31,37,39-41,54H,18-19,21-30H2,1-9H3,(H,55,56)/t37-,39+,40-,41+,46+,47-,48-,49+/m1/s1. The van der Waals surface area contributed by atoms with Crippen molar-refractivity contribution in [1.29, 1.82) is 0 Å². The molecule has 304 valence electrons. The zero-order chi connectivity index (χ0) is 40.6. The number of carbonyl (C=O) groups excluding carboxylic acids is 1. The number of carboxylic acids is 1. The first kappa shape index (κ1) is 41.4. The second-order valence-electron chi connectivity index (χ2n) is 20.5. The van der Waals surface area contributed by atoms with Crippen LogP contribution >= 0.6 is 11.6 Å². The van der Waals surface area contributed by atoms with Crippen LogP contribution in [0.25, 0.3) is 5.57 Å². The normalized spacial score (nSPS) is 34.2. The number of rotatable bonds is 11. The number of aliphatic hydroxyl groups is 1. The summed E-state index contributed by atoms with van der Waals surface area (Å²) in [4.78, 5) is 30.5. The van der Waals surface area contributed by atoms with Crippen LogP contribution in [0.4, 0.5) is 0 Å². The molecule has 7 heteroatoms. The number of carbonyl (C=O) groups is 2. The largest absolute Gasteiger partial charge is 0.478 e. The SMILES string of the molecule is CC(C)C1=C2[C@H]3CC[C@@H]4[C@@]5(C)CC=C(c6ccc(C(=O)O)cc6)C(C)(C)[C@@H]5CC[C@@]4(C)[C@]3(C)CC[C@@]2([C@@H](O)CN(CCN(C)C)Cc2ccc(Cl)cc2)CC1=O. The van der Waals surface area contributed by atoms with E-state index in [1.807, 2.05) is 24.3 Å². The Hall–Kier alpha value is -2.77. The van der Waals surface area contributed by atoms with E-state index in [9.17, 15) is 19.8 Å². The third-order valence-electron chi connectivity index (χ3n) is 16.8. The smallest absolute Gasteiger partial charge is 0.335 e. The van der Waals surface area contributed by atoms with Gasteiger partial charge in [-0.2, -0.15) is 0 Å². The van der Waals surface area contributed by atoms with Crippen molar-refractivity contribution in [2.24, 2.45) is 50.7 Å². The summed E-state index contributed by atoms with van der Waals surface area (Å²) in [5, 5.41) is 23.0.